The molecule has 2 saturated carbocycles. The first-order chi connectivity index (χ1) is 16.4. The molecule has 10 nitrogen and oxygen atoms in total. The van der Waals surface area contributed by atoms with Crippen molar-refractivity contribution < 1.29 is 44.0 Å². The van der Waals surface area contributed by atoms with Gasteiger partial charge in [0.25, 0.3) is 0 Å². The molecule has 1 amide bonds. The molecule has 186 valence electrons. The van der Waals surface area contributed by atoms with Gasteiger partial charge in [-0.2, -0.15) is 0 Å². The number of rotatable bonds is 3. The number of phenols is 1. The molecular weight excluding hydrogens is 498 g/mol. The zero-order chi connectivity index (χ0) is 26.0. The summed E-state index contributed by atoms with van der Waals surface area (Å²) in [6.45, 7) is 3.75. The van der Waals surface area contributed by atoms with Crippen molar-refractivity contribution in [3.63, 3.8) is 0 Å². The van der Waals surface area contributed by atoms with E-state index in [2.05, 4.69) is 0 Å². The van der Waals surface area contributed by atoms with Crippen molar-refractivity contribution in [1.29, 1.82) is 0 Å². The average Bonchev–Trinajstić information content (AvgIpc) is 2.79. The molecule has 0 bridgehead atoms. The number of benzene rings is 1. The van der Waals surface area contributed by atoms with Crippen LogP contribution in [0.3, 0.4) is 0 Å². The Morgan fingerprint density at radius 1 is 1.26 bits per heavy atom. The van der Waals surface area contributed by atoms with Crippen LogP contribution in [0, 0.1) is 23.7 Å². The highest BCUT2D eigenvalue weighted by molar-refractivity contribution is 8.22. The van der Waals surface area contributed by atoms with Crippen LogP contribution >= 0.6 is 24.0 Å². The lowest BCUT2D eigenvalue weighted by Crippen LogP contribution is -2.72. The van der Waals surface area contributed by atoms with Gasteiger partial charge in [-0.25, -0.2) is 0 Å². The number of hydrogen-bond acceptors (Lipinski definition) is 11. The number of ketones is 4. The van der Waals surface area contributed by atoms with Crippen LogP contribution < -0.4 is 5.73 Å². The van der Waals surface area contributed by atoms with Gasteiger partial charge >= 0.3 is 0 Å². The number of aliphatic hydroxyl groups excluding tert-OH is 1. The first kappa shape index (κ1) is 25.4. The summed E-state index contributed by atoms with van der Waals surface area (Å²) in [6, 6.07) is 3.18. The second kappa shape index (κ2) is 8.77. The highest BCUT2D eigenvalue weighted by Crippen LogP contribution is 2.54. The van der Waals surface area contributed by atoms with E-state index in [9.17, 15) is 39.3 Å². The first-order valence-electron chi connectivity index (χ1n) is 10.9. The van der Waals surface area contributed by atoms with Crippen molar-refractivity contribution in [2.24, 2.45) is 29.4 Å². The van der Waals surface area contributed by atoms with Gasteiger partial charge in [-0.05, 0) is 60.8 Å². The maximum Gasteiger partial charge on any atom is 0.235 e. The Morgan fingerprint density at radius 2 is 1.91 bits per heavy atom. The molecule has 0 spiro atoms. The first-order valence-corrected chi connectivity index (χ1v) is 12.2. The minimum Gasteiger partial charge on any atom is -0.506 e. The van der Waals surface area contributed by atoms with E-state index in [-0.39, 0.29) is 21.3 Å². The van der Waals surface area contributed by atoms with Gasteiger partial charge in [-0.3, -0.25) is 24.0 Å². The fourth-order valence-electron chi connectivity index (χ4n) is 5.60. The minimum absolute atomic E-state index is 0.117. The number of carbonyl (C=O) groups excluding carboxylic acids is 5. The lowest BCUT2D eigenvalue weighted by Gasteiger charge is -2.51. The van der Waals surface area contributed by atoms with Crippen LogP contribution in [0.2, 0.25) is 0 Å². The van der Waals surface area contributed by atoms with Crippen LogP contribution in [-0.2, 0) is 23.9 Å². The highest BCUT2D eigenvalue weighted by atomic mass is 32.2. The predicted molar refractivity (Wildman–Crippen MR) is 125 cm³/mol. The summed E-state index contributed by atoms with van der Waals surface area (Å²) < 4.78 is 5.33. The Morgan fingerprint density at radius 3 is 2.51 bits per heavy atom. The van der Waals surface area contributed by atoms with E-state index in [1.165, 1.54) is 0 Å². The van der Waals surface area contributed by atoms with E-state index in [1.54, 1.807) is 26.0 Å². The van der Waals surface area contributed by atoms with Crippen LogP contribution in [0.1, 0.15) is 42.1 Å². The Kier molecular flexibility index (Phi) is 6.37. The van der Waals surface area contributed by atoms with Gasteiger partial charge in [-0.15, -0.1) is 0 Å². The highest BCUT2D eigenvalue weighted by Gasteiger charge is 2.69. The number of thioether (sulfide) groups is 1. The molecule has 0 aliphatic heterocycles. The van der Waals surface area contributed by atoms with Crippen molar-refractivity contribution in [1.82, 2.24) is 0 Å². The maximum absolute atomic E-state index is 13.6. The number of aliphatic hydroxyl groups is 2. The zero-order valence-corrected chi connectivity index (χ0v) is 20.4. The summed E-state index contributed by atoms with van der Waals surface area (Å²) in [7, 11) is 0. The molecular formula is C23H23NO9S2. The van der Waals surface area contributed by atoms with Crippen molar-refractivity contribution in [2.45, 2.75) is 42.8 Å². The third-order valence-corrected chi connectivity index (χ3v) is 8.52. The van der Waals surface area contributed by atoms with Crippen molar-refractivity contribution in [2.75, 3.05) is 6.61 Å². The van der Waals surface area contributed by atoms with Gasteiger partial charge in [0.1, 0.15) is 11.9 Å². The number of Topliss-reactive ketones (excluding diaryl/α,β-unsaturated/α-hetero) is 4. The van der Waals surface area contributed by atoms with Crippen molar-refractivity contribution in [3.05, 3.63) is 23.3 Å². The fourth-order valence-corrected chi connectivity index (χ4v) is 6.68. The molecule has 2 unspecified atom stereocenters. The summed E-state index contributed by atoms with van der Waals surface area (Å²) in [5.74, 6) is -13.0. The molecule has 35 heavy (non-hydrogen) atoms. The molecule has 7 atom stereocenters. The van der Waals surface area contributed by atoms with E-state index >= 15 is 0 Å². The predicted octanol–water partition coefficient (Wildman–Crippen LogP) is 0.272. The molecule has 2 fully saturated rings. The monoisotopic (exact) mass is 521 g/mol. The minimum atomic E-state index is -2.94. The van der Waals surface area contributed by atoms with Crippen molar-refractivity contribution >= 4 is 57.4 Å². The van der Waals surface area contributed by atoms with Gasteiger partial charge in [0, 0.05) is 5.92 Å². The normalized spacial score (nSPS) is 34.1. The summed E-state index contributed by atoms with van der Waals surface area (Å²) >= 11 is 6.01. The maximum atomic E-state index is 13.6. The number of aromatic hydroxyl groups is 1. The summed E-state index contributed by atoms with van der Waals surface area (Å²) in [4.78, 5) is 64.6. The fraction of sp³-hybridized carbons (Fsp3) is 0.478. The van der Waals surface area contributed by atoms with Gasteiger partial charge < -0.3 is 25.8 Å². The molecule has 0 heterocycles. The summed E-state index contributed by atoms with van der Waals surface area (Å²) in [5, 5.41) is 32.7. The molecule has 0 saturated heterocycles. The van der Waals surface area contributed by atoms with E-state index in [0.717, 1.165) is 11.8 Å². The van der Waals surface area contributed by atoms with Crippen LogP contribution in [0.25, 0.3) is 0 Å². The second-order valence-electron chi connectivity index (χ2n) is 8.98. The number of hydrogen-bond donors (Lipinski definition) is 4. The molecule has 3 aliphatic rings. The van der Waals surface area contributed by atoms with Crippen LogP contribution in [0.4, 0.5) is 0 Å². The molecule has 3 aliphatic carbocycles. The van der Waals surface area contributed by atoms with Gasteiger partial charge in [0.2, 0.25) is 10.3 Å². The molecule has 1 aromatic carbocycles. The van der Waals surface area contributed by atoms with E-state index < -0.39 is 76.1 Å². The zero-order valence-electron chi connectivity index (χ0n) is 18.7. The smallest absolute Gasteiger partial charge is 0.235 e. The van der Waals surface area contributed by atoms with Crippen LogP contribution in [0.5, 0.6) is 5.75 Å². The van der Waals surface area contributed by atoms with E-state index in [1.807, 2.05) is 0 Å². The van der Waals surface area contributed by atoms with Crippen LogP contribution in [0.15, 0.2) is 17.0 Å². The quantitative estimate of drug-likeness (QED) is 0.243. The number of ether oxygens (including phenoxy) is 1. The average molecular weight is 522 g/mol. The van der Waals surface area contributed by atoms with Gasteiger partial charge in [0.15, 0.2) is 34.7 Å². The molecule has 5 N–H and O–H groups in total. The summed E-state index contributed by atoms with van der Waals surface area (Å²) in [6.07, 6.45) is -2.20. The molecule has 0 aromatic heterocycles. The Balaban J connectivity index is 1.81. The van der Waals surface area contributed by atoms with Crippen molar-refractivity contribution in [3.8, 4) is 5.75 Å². The Bertz CT molecular complexity index is 1200. The second-order valence-corrected chi connectivity index (χ2v) is 10.6. The standard InChI is InChI=1S/C23H23NO9S2/c1-3-33-22(34)35-11-5-4-8-7(2)9-6-10-15(25)18(28)14(21(24)31)20(30)23(10,32)19(29)13(9)17(27)12(8)16(11)26/h4-5,7,9-10,13-15,25-26,32H,3,6H2,1-2H3,(H2,24,31)/t7-,9-,10+,13?,14?,15-,23+/m1/s1. The third-order valence-electron chi connectivity index (χ3n) is 7.32. The number of phenolic OH excluding ortho intramolecular Hbond substituents is 1. The molecule has 1 aromatic rings. The third kappa shape index (κ3) is 3.53. The number of carbonyl (C=O) groups is 5. The molecule has 0 radical (unpaired) electrons. The number of amides is 1. The topological polar surface area (TPSA) is 181 Å². The number of thiocarbonyl (C=S) groups is 1. The Hall–Kier alpha value is -2.67. The Labute approximate surface area is 209 Å². The van der Waals surface area contributed by atoms with Gasteiger partial charge in [0.05, 0.1) is 23.0 Å². The SMILES string of the molecule is CCOC(=S)Sc1ccc2c(c1O)C(=O)C1C(=O)[C@]3(O)C(=O)C(C(N)=O)C(=O)[C@H](O)[C@@H]3C[C@@H]1[C@@H]2C. The lowest BCUT2D eigenvalue weighted by atomic mass is 9.51. The largest absolute Gasteiger partial charge is 0.506 e. The van der Waals surface area contributed by atoms with Crippen LogP contribution in [-0.4, -0.2) is 67.1 Å². The molecule has 12 heteroatoms. The van der Waals surface area contributed by atoms with E-state index in [0.29, 0.717) is 12.2 Å². The lowest BCUT2D eigenvalue weighted by molar-refractivity contribution is -0.186. The molecule has 4 rings (SSSR count). The number of nitrogens with two attached hydrogens (primary N) is 1. The van der Waals surface area contributed by atoms with Gasteiger partial charge in [-0.1, -0.05) is 13.0 Å². The van der Waals surface area contributed by atoms with E-state index in [4.69, 9.17) is 22.7 Å². The number of primary amides is 1. The summed E-state index contributed by atoms with van der Waals surface area (Å²) in [5.41, 5.74) is 2.50. The number of fused-ring (bicyclic) bond motifs is 3.